The van der Waals surface area contributed by atoms with E-state index < -0.39 is 0 Å². The van der Waals surface area contributed by atoms with Crippen molar-refractivity contribution in [3.05, 3.63) is 36.4 Å². The molecule has 1 nitrogen and oxygen atoms in total. The molecule has 0 aliphatic rings. The zero-order chi connectivity index (χ0) is 13.0. The van der Waals surface area contributed by atoms with Crippen molar-refractivity contribution in [3.8, 4) is 5.75 Å². The van der Waals surface area contributed by atoms with E-state index >= 15 is 0 Å². The molecule has 0 amide bonds. The maximum Gasteiger partial charge on any atom is 0.123 e. The van der Waals surface area contributed by atoms with Crippen LogP contribution in [0.25, 0.3) is 10.8 Å². The van der Waals surface area contributed by atoms with Gasteiger partial charge in [-0.1, -0.05) is 51.0 Å². The van der Waals surface area contributed by atoms with Gasteiger partial charge in [0.05, 0.1) is 0 Å². The van der Waals surface area contributed by atoms with E-state index in [-0.39, 0.29) is 0 Å². The van der Waals surface area contributed by atoms with Crippen molar-refractivity contribution in [3.63, 3.8) is 0 Å². The molecule has 0 aromatic heterocycles. The molecule has 0 aliphatic carbocycles. The van der Waals surface area contributed by atoms with Crippen LogP contribution < -0.4 is 0 Å². The summed E-state index contributed by atoms with van der Waals surface area (Å²) in [5, 5.41) is 12.0. The van der Waals surface area contributed by atoms with Gasteiger partial charge in [0.25, 0.3) is 0 Å². The molecule has 2 aromatic carbocycles. The molecular formula is C16H20OS. The average molecular weight is 260 g/mol. The zero-order valence-electron chi connectivity index (χ0n) is 11.0. The Morgan fingerprint density at radius 2 is 1.67 bits per heavy atom. The van der Waals surface area contributed by atoms with Crippen LogP contribution in [0.1, 0.15) is 26.7 Å². The molecular weight excluding hydrogens is 240 g/mol. The van der Waals surface area contributed by atoms with Crippen molar-refractivity contribution in [2.75, 3.05) is 5.75 Å². The summed E-state index contributed by atoms with van der Waals surface area (Å²) in [6.07, 6.45) is 2.47. The summed E-state index contributed by atoms with van der Waals surface area (Å²) in [6, 6.07) is 11.9. The monoisotopic (exact) mass is 260 g/mol. The molecule has 0 atom stereocenters. The number of aromatic hydroxyl groups is 1. The van der Waals surface area contributed by atoms with Crippen molar-refractivity contribution in [1.29, 1.82) is 0 Å². The second kappa shape index (κ2) is 6.14. The Morgan fingerprint density at radius 3 is 2.33 bits per heavy atom. The highest BCUT2D eigenvalue weighted by Gasteiger charge is 2.08. The van der Waals surface area contributed by atoms with Gasteiger partial charge in [0, 0.05) is 16.0 Å². The summed E-state index contributed by atoms with van der Waals surface area (Å²) in [5.74, 6) is 2.31. The molecule has 1 N–H and O–H groups in total. The van der Waals surface area contributed by atoms with Crippen LogP contribution in [0.3, 0.4) is 0 Å². The predicted molar refractivity (Wildman–Crippen MR) is 80.4 cm³/mol. The molecule has 0 saturated carbocycles. The lowest BCUT2D eigenvalue weighted by Crippen LogP contribution is -1.99. The number of benzene rings is 2. The molecule has 2 aromatic rings. The van der Waals surface area contributed by atoms with E-state index in [1.165, 1.54) is 17.7 Å². The summed E-state index contributed by atoms with van der Waals surface area (Å²) in [6.45, 7) is 4.51. The van der Waals surface area contributed by atoms with E-state index in [4.69, 9.17) is 0 Å². The Bertz CT molecular complexity index is 517. The quantitative estimate of drug-likeness (QED) is 0.757. The summed E-state index contributed by atoms with van der Waals surface area (Å²) >= 11 is 1.90. The second-order valence-corrected chi connectivity index (χ2v) is 5.68. The molecule has 2 rings (SSSR count). The van der Waals surface area contributed by atoms with Gasteiger partial charge in [0.15, 0.2) is 0 Å². The minimum Gasteiger partial charge on any atom is -0.507 e. The second-order valence-electron chi connectivity index (χ2n) is 4.62. The third kappa shape index (κ3) is 2.81. The van der Waals surface area contributed by atoms with E-state index in [1.807, 2.05) is 36.0 Å². The van der Waals surface area contributed by atoms with Gasteiger partial charge in [-0.2, -0.15) is 0 Å². The number of phenols is 1. The summed E-state index contributed by atoms with van der Waals surface area (Å²) in [5.41, 5.74) is 0. The molecule has 96 valence electrons. The van der Waals surface area contributed by atoms with Crippen LogP contribution >= 0.6 is 11.8 Å². The summed E-state index contributed by atoms with van der Waals surface area (Å²) in [4.78, 5) is 1.27. The summed E-state index contributed by atoms with van der Waals surface area (Å²) < 4.78 is 0. The van der Waals surface area contributed by atoms with E-state index in [1.54, 1.807) is 6.07 Å². The van der Waals surface area contributed by atoms with Crippen LogP contribution in [0.2, 0.25) is 0 Å². The van der Waals surface area contributed by atoms with Gasteiger partial charge in [-0.05, 0) is 23.4 Å². The number of fused-ring (bicyclic) bond motifs is 1. The first-order chi connectivity index (χ1) is 8.76. The zero-order valence-corrected chi connectivity index (χ0v) is 11.8. The predicted octanol–water partition coefficient (Wildman–Crippen LogP) is 5.07. The van der Waals surface area contributed by atoms with Crippen LogP contribution in [0, 0.1) is 5.92 Å². The van der Waals surface area contributed by atoms with Crippen LogP contribution in [0.15, 0.2) is 41.3 Å². The Kier molecular flexibility index (Phi) is 4.54. The molecule has 0 heterocycles. The number of hydrogen-bond donors (Lipinski definition) is 1. The van der Waals surface area contributed by atoms with Crippen molar-refractivity contribution in [1.82, 2.24) is 0 Å². The lowest BCUT2D eigenvalue weighted by molar-refractivity contribution is 0.481. The number of phenolic OH excluding ortho intramolecular Hbond substituents is 1. The number of thioether (sulfide) groups is 1. The molecule has 0 unspecified atom stereocenters. The molecule has 0 fully saturated rings. The highest BCUT2D eigenvalue weighted by molar-refractivity contribution is 7.99. The molecule has 0 radical (unpaired) electrons. The Morgan fingerprint density at radius 1 is 1.00 bits per heavy atom. The fourth-order valence-electron chi connectivity index (χ4n) is 2.11. The Hall–Kier alpha value is -1.15. The lowest BCUT2D eigenvalue weighted by atomic mass is 10.1. The highest BCUT2D eigenvalue weighted by Crippen LogP contribution is 2.34. The molecule has 18 heavy (non-hydrogen) atoms. The van der Waals surface area contributed by atoms with Gasteiger partial charge >= 0.3 is 0 Å². The Labute approximate surface area is 113 Å². The first kappa shape index (κ1) is 13.3. The van der Waals surface area contributed by atoms with Gasteiger partial charge in [-0.25, -0.2) is 0 Å². The van der Waals surface area contributed by atoms with Gasteiger partial charge in [0.1, 0.15) is 5.75 Å². The number of hydrogen-bond acceptors (Lipinski definition) is 2. The molecule has 2 heteroatoms. The van der Waals surface area contributed by atoms with Crippen LogP contribution in [0.5, 0.6) is 5.75 Å². The third-order valence-electron chi connectivity index (χ3n) is 3.49. The smallest absolute Gasteiger partial charge is 0.123 e. The maximum atomic E-state index is 9.86. The first-order valence-corrected chi connectivity index (χ1v) is 7.58. The third-order valence-corrected chi connectivity index (χ3v) is 4.80. The fraction of sp³-hybridized carbons (Fsp3) is 0.375. The largest absolute Gasteiger partial charge is 0.507 e. The topological polar surface area (TPSA) is 20.2 Å². The molecule has 0 aliphatic heterocycles. The van der Waals surface area contributed by atoms with Crippen molar-refractivity contribution >= 4 is 22.5 Å². The minimum absolute atomic E-state index is 0.373. The van der Waals surface area contributed by atoms with Gasteiger partial charge < -0.3 is 5.11 Å². The standard InChI is InChI=1S/C16H20OS/c1-3-12(4-2)11-18-16-10-9-15(17)13-7-5-6-8-14(13)16/h5-10,12,17H,3-4,11H2,1-2H3. The normalized spacial score (nSPS) is 11.3. The van der Waals surface area contributed by atoms with E-state index in [0.717, 1.165) is 22.4 Å². The fourth-order valence-corrected chi connectivity index (χ4v) is 3.50. The van der Waals surface area contributed by atoms with Gasteiger partial charge in [0.2, 0.25) is 0 Å². The van der Waals surface area contributed by atoms with Gasteiger partial charge in [-0.3, -0.25) is 0 Å². The highest BCUT2D eigenvalue weighted by atomic mass is 32.2. The maximum absolute atomic E-state index is 9.86. The molecule has 0 spiro atoms. The number of rotatable bonds is 5. The van der Waals surface area contributed by atoms with Gasteiger partial charge in [-0.15, -0.1) is 11.8 Å². The average Bonchev–Trinajstić information content (AvgIpc) is 2.42. The Balaban J connectivity index is 2.26. The van der Waals surface area contributed by atoms with Crippen LogP contribution in [-0.2, 0) is 0 Å². The van der Waals surface area contributed by atoms with Crippen molar-refractivity contribution in [2.45, 2.75) is 31.6 Å². The van der Waals surface area contributed by atoms with Crippen molar-refractivity contribution in [2.24, 2.45) is 5.92 Å². The van der Waals surface area contributed by atoms with E-state index in [2.05, 4.69) is 19.9 Å². The van der Waals surface area contributed by atoms with Crippen LogP contribution in [-0.4, -0.2) is 10.9 Å². The summed E-state index contributed by atoms with van der Waals surface area (Å²) in [7, 11) is 0. The SMILES string of the molecule is CCC(CC)CSc1ccc(O)c2ccccc12. The van der Waals surface area contributed by atoms with E-state index in [9.17, 15) is 5.11 Å². The van der Waals surface area contributed by atoms with E-state index in [0.29, 0.717) is 5.75 Å². The molecule has 0 bridgehead atoms. The first-order valence-electron chi connectivity index (χ1n) is 6.59. The molecule has 0 saturated heterocycles. The van der Waals surface area contributed by atoms with Crippen molar-refractivity contribution < 1.29 is 5.11 Å². The lowest BCUT2D eigenvalue weighted by Gasteiger charge is -2.13. The minimum atomic E-state index is 0.373. The van der Waals surface area contributed by atoms with Crippen LogP contribution in [0.4, 0.5) is 0 Å².